The minimum atomic E-state index is -3.68. The van der Waals surface area contributed by atoms with Gasteiger partial charge in [0.15, 0.2) is 0 Å². The van der Waals surface area contributed by atoms with Crippen LogP contribution in [0, 0.1) is 13.8 Å². The van der Waals surface area contributed by atoms with Crippen LogP contribution in [0.1, 0.15) is 31.9 Å². The molecule has 1 N–H and O–H groups in total. The third-order valence-electron chi connectivity index (χ3n) is 4.36. The second-order valence-electron chi connectivity index (χ2n) is 8.84. The number of carbonyl (C=O) groups excluding carboxylic acids is 2. The molecule has 2 rings (SSSR count). The van der Waals surface area contributed by atoms with Gasteiger partial charge < -0.3 is 10.1 Å². The molecule has 2 aromatic rings. The first kappa shape index (κ1) is 27.7. The van der Waals surface area contributed by atoms with Gasteiger partial charge in [0.1, 0.15) is 12.1 Å². The van der Waals surface area contributed by atoms with Crippen LogP contribution in [0.2, 0.25) is 0 Å². The Morgan fingerprint density at radius 2 is 1.74 bits per heavy atom. The van der Waals surface area contributed by atoms with Gasteiger partial charge in [-0.25, -0.2) is 4.79 Å². The molecule has 0 aliphatic carbocycles. The number of benzene rings is 2. The number of rotatable bonds is 9. The van der Waals surface area contributed by atoms with E-state index in [-0.39, 0.29) is 19.7 Å². The molecule has 2 amide bonds. The summed E-state index contributed by atoms with van der Waals surface area (Å²) in [6, 6.07) is 13.6. The van der Waals surface area contributed by atoms with Crippen molar-refractivity contribution < 1.29 is 26.9 Å². The van der Waals surface area contributed by atoms with Crippen molar-refractivity contribution in [1.29, 1.82) is 0 Å². The summed E-state index contributed by atoms with van der Waals surface area (Å²) in [5.74, 6) is -0.445. The van der Waals surface area contributed by atoms with E-state index in [4.69, 9.17) is 8.92 Å². The number of ether oxygens (including phenoxy) is 1. The molecule has 2 aromatic carbocycles. The van der Waals surface area contributed by atoms with Gasteiger partial charge in [-0.15, -0.1) is 0 Å². The molecule has 8 nitrogen and oxygen atoms in total. The normalized spacial score (nSPS) is 11.7. The van der Waals surface area contributed by atoms with Crippen LogP contribution in [0.25, 0.3) is 0 Å². The van der Waals surface area contributed by atoms with Crippen molar-refractivity contribution in [3.63, 3.8) is 0 Å². The zero-order chi connectivity index (χ0) is 25.5. The Labute approximate surface area is 206 Å². The molecular formula is C24H32N2O6S2. The van der Waals surface area contributed by atoms with Crippen molar-refractivity contribution in [3.05, 3.63) is 53.6 Å². The minimum Gasteiger partial charge on any atom is -0.444 e. The topological polar surface area (TPSA) is 102 Å². The number of nitrogens with one attached hydrogen (secondary N) is 1. The first-order chi connectivity index (χ1) is 15.7. The second-order valence-corrected chi connectivity index (χ2v) is 11.6. The van der Waals surface area contributed by atoms with Crippen molar-refractivity contribution in [2.24, 2.45) is 0 Å². The van der Waals surface area contributed by atoms with Crippen LogP contribution < -0.4 is 5.32 Å². The molecule has 0 heterocycles. The molecule has 0 aliphatic heterocycles. The van der Waals surface area contributed by atoms with Gasteiger partial charge in [0.25, 0.3) is 10.1 Å². The van der Waals surface area contributed by atoms with E-state index in [0.717, 1.165) is 26.5 Å². The number of hydrogen-bond acceptors (Lipinski definition) is 7. The van der Waals surface area contributed by atoms with E-state index in [9.17, 15) is 18.0 Å². The Bertz CT molecular complexity index is 1130. The summed E-state index contributed by atoms with van der Waals surface area (Å²) in [6.07, 6.45) is 0.180. The van der Waals surface area contributed by atoms with Gasteiger partial charge in [-0.3, -0.25) is 13.9 Å². The molecular weight excluding hydrogens is 476 g/mol. The van der Waals surface area contributed by atoms with E-state index in [1.807, 2.05) is 44.2 Å². The molecule has 186 valence electrons. The highest BCUT2D eigenvalue weighted by Crippen LogP contribution is 2.35. The SMILES string of the molecule is Cc1ccc(Sc2ccccc2NC(=O)CN(CCOS(C)(=O)=O)C(=O)OC(C)(C)C)c(C)c1. The number of hydrogen-bond donors (Lipinski definition) is 1. The molecule has 0 bridgehead atoms. The van der Waals surface area contributed by atoms with Crippen LogP contribution in [0.15, 0.2) is 52.3 Å². The largest absolute Gasteiger partial charge is 0.444 e. The van der Waals surface area contributed by atoms with Crippen LogP contribution in [0.5, 0.6) is 0 Å². The quantitative estimate of drug-likeness (QED) is 0.494. The average molecular weight is 509 g/mol. The summed E-state index contributed by atoms with van der Waals surface area (Å²) in [6.45, 7) is 8.44. The fraction of sp³-hybridized carbons (Fsp3) is 0.417. The monoisotopic (exact) mass is 508 g/mol. The van der Waals surface area contributed by atoms with Crippen LogP contribution in [-0.4, -0.2) is 56.9 Å². The molecule has 0 atom stereocenters. The maximum atomic E-state index is 12.8. The first-order valence-corrected chi connectivity index (χ1v) is 13.3. The van der Waals surface area contributed by atoms with Crippen LogP contribution in [0.4, 0.5) is 10.5 Å². The predicted octanol–water partition coefficient (Wildman–Crippen LogP) is 4.61. The Morgan fingerprint density at radius 1 is 1.06 bits per heavy atom. The molecule has 0 spiro atoms. The Hall–Kier alpha value is -2.56. The lowest BCUT2D eigenvalue weighted by Crippen LogP contribution is -2.43. The first-order valence-electron chi connectivity index (χ1n) is 10.7. The maximum absolute atomic E-state index is 12.8. The Kier molecular flexibility index (Phi) is 9.54. The minimum absolute atomic E-state index is 0.131. The smallest absolute Gasteiger partial charge is 0.410 e. The molecule has 0 radical (unpaired) electrons. The number of carbonyl (C=O) groups is 2. The lowest BCUT2D eigenvalue weighted by atomic mass is 10.2. The summed E-state index contributed by atoms with van der Waals surface area (Å²) in [5.41, 5.74) is 2.13. The van der Waals surface area contributed by atoms with Gasteiger partial charge in [-0.2, -0.15) is 8.42 Å². The third-order valence-corrected chi connectivity index (χ3v) is 6.20. The standard InChI is InChI=1S/C24H32N2O6S2/c1-17-11-12-20(18(2)15-17)33-21-10-8-7-9-19(21)25-22(27)16-26(13-14-31-34(6,29)30)23(28)32-24(3,4)5/h7-12,15H,13-14,16H2,1-6H3,(H,25,27). The lowest BCUT2D eigenvalue weighted by molar-refractivity contribution is -0.117. The average Bonchev–Trinajstić information content (AvgIpc) is 2.68. The molecule has 0 saturated heterocycles. The van der Waals surface area contributed by atoms with Crippen molar-refractivity contribution in [1.82, 2.24) is 4.90 Å². The Balaban J connectivity index is 2.14. The summed E-state index contributed by atoms with van der Waals surface area (Å²) >= 11 is 1.53. The third kappa shape index (κ3) is 9.74. The lowest BCUT2D eigenvalue weighted by Gasteiger charge is -2.27. The predicted molar refractivity (Wildman–Crippen MR) is 134 cm³/mol. The van der Waals surface area contributed by atoms with Crippen LogP contribution in [-0.2, 0) is 23.8 Å². The van der Waals surface area contributed by atoms with Gasteiger partial charge >= 0.3 is 6.09 Å². The number of nitrogens with zero attached hydrogens (tertiary/aromatic N) is 1. The molecule has 0 saturated carbocycles. The summed E-state index contributed by atoms with van der Waals surface area (Å²) < 4.78 is 32.6. The van der Waals surface area contributed by atoms with Gasteiger partial charge in [-0.05, 0) is 58.4 Å². The van der Waals surface area contributed by atoms with Gasteiger partial charge in [0.2, 0.25) is 5.91 Å². The summed E-state index contributed by atoms with van der Waals surface area (Å²) in [4.78, 5) is 28.5. The van der Waals surface area contributed by atoms with E-state index in [2.05, 4.69) is 11.4 Å². The highest BCUT2D eigenvalue weighted by molar-refractivity contribution is 7.99. The van der Waals surface area contributed by atoms with Crippen LogP contribution >= 0.6 is 11.8 Å². The number of anilines is 1. The maximum Gasteiger partial charge on any atom is 0.410 e. The zero-order valence-corrected chi connectivity index (χ0v) is 22.0. The molecule has 0 aliphatic rings. The van der Waals surface area contributed by atoms with Crippen LogP contribution in [0.3, 0.4) is 0 Å². The van der Waals surface area contributed by atoms with Gasteiger partial charge in [-0.1, -0.05) is 41.6 Å². The highest BCUT2D eigenvalue weighted by atomic mass is 32.2. The number of amides is 2. The number of para-hydroxylation sites is 1. The van der Waals surface area contributed by atoms with Crippen molar-refractivity contribution in [2.75, 3.05) is 31.3 Å². The fourth-order valence-corrected chi connectivity index (χ4v) is 4.26. The molecule has 0 fully saturated rings. The summed E-state index contributed by atoms with van der Waals surface area (Å²) in [7, 11) is -3.68. The van der Waals surface area contributed by atoms with E-state index >= 15 is 0 Å². The molecule has 0 unspecified atom stereocenters. The van der Waals surface area contributed by atoms with Gasteiger partial charge in [0, 0.05) is 16.3 Å². The van der Waals surface area contributed by atoms with E-state index in [0.29, 0.717) is 5.69 Å². The van der Waals surface area contributed by atoms with Gasteiger partial charge in [0.05, 0.1) is 18.6 Å². The van der Waals surface area contributed by atoms with E-state index in [1.54, 1.807) is 26.8 Å². The molecule has 0 aromatic heterocycles. The molecule has 10 heteroatoms. The van der Waals surface area contributed by atoms with E-state index in [1.165, 1.54) is 17.3 Å². The van der Waals surface area contributed by atoms with Crippen molar-refractivity contribution in [2.45, 2.75) is 50.0 Å². The summed E-state index contributed by atoms with van der Waals surface area (Å²) in [5, 5.41) is 2.85. The Morgan fingerprint density at radius 3 is 2.35 bits per heavy atom. The van der Waals surface area contributed by atoms with Crippen molar-refractivity contribution in [3.8, 4) is 0 Å². The highest BCUT2D eigenvalue weighted by Gasteiger charge is 2.24. The van der Waals surface area contributed by atoms with E-state index < -0.39 is 27.7 Å². The zero-order valence-electron chi connectivity index (χ0n) is 20.4. The molecule has 34 heavy (non-hydrogen) atoms. The number of aryl methyl sites for hydroxylation is 2. The fourth-order valence-electron chi connectivity index (χ4n) is 2.91. The van der Waals surface area contributed by atoms with Crippen molar-refractivity contribution >= 4 is 39.6 Å². The second kappa shape index (κ2) is 11.7.